The van der Waals surface area contributed by atoms with Crippen molar-refractivity contribution in [3.8, 4) is 0 Å². The van der Waals surface area contributed by atoms with Gasteiger partial charge in [-0.15, -0.1) is 0 Å². The molecule has 0 N–H and O–H groups in total. The Hall–Kier alpha value is -1.14. The lowest BCUT2D eigenvalue weighted by Gasteiger charge is -2.25. The summed E-state index contributed by atoms with van der Waals surface area (Å²) >= 11 is 0. The Morgan fingerprint density at radius 2 is 0.875 bits per heavy atom. The predicted octanol–water partition coefficient (Wildman–Crippen LogP) is 12.6. The van der Waals surface area contributed by atoms with Crippen molar-refractivity contribution in [1.29, 1.82) is 0 Å². The number of esters is 2. The SMILES string of the molecule is CCCCCCCCCCCCCCCC(=O)OCC(COCCC(C)(C)OCC)OC(=O)CCCCCCCCCCCCCCC. The molecule has 0 bridgehead atoms. The van der Waals surface area contributed by atoms with E-state index in [4.69, 9.17) is 18.9 Å². The van der Waals surface area contributed by atoms with Gasteiger partial charge in [0, 0.05) is 26.1 Å². The zero-order valence-corrected chi connectivity index (χ0v) is 32.9. The van der Waals surface area contributed by atoms with Gasteiger partial charge in [0.15, 0.2) is 6.10 Å². The number of rotatable bonds is 38. The van der Waals surface area contributed by atoms with Crippen LogP contribution in [0.3, 0.4) is 0 Å². The molecule has 286 valence electrons. The number of ether oxygens (including phenoxy) is 4. The van der Waals surface area contributed by atoms with Crippen molar-refractivity contribution in [2.75, 3.05) is 26.4 Å². The molecule has 1 unspecified atom stereocenters. The molecular formula is C42H82O6. The molecule has 0 aromatic heterocycles. The van der Waals surface area contributed by atoms with E-state index in [1.165, 1.54) is 141 Å². The second kappa shape index (κ2) is 35.7. The molecule has 0 aromatic rings. The zero-order chi connectivity index (χ0) is 35.4. The average molecular weight is 683 g/mol. The molecule has 48 heavy (non-hydrogen) atoms. The Morgan fingerprint density at radius 1 is 0.500 bits per heavy atom. The van der Waals surface area contributed by atoms with Gasteiger partial charge < -0.3 is 18.9 Å². The van der Waals surface area contributed by atoms with Gasteiger partial charge in [0.1, 0.15) is 6.61 Å². The Kier molecular flexibility index (Phi) is 34.8. The molecule has 0 saturated heterocycles. The van der Waals surface area contributed by atoms with Crippen LogP contribution in [0.5, 0.6) is 0 Å². The van der Waals surface area contributed by atoms with E-state index in [0.29, 0.717) is 26.1 Å². The Balaban J connectivity index is 4.18. The topological polar surface area (TPSA) is 71.1 Å². The van der Waals surface area contributed by atoms with Crippen molar-refractivity contribution in [3.05, 3.63) is 0 Å². The fourth-order valence-electron chi connectivity index (χ4n) is 6.19. The van der Waals surface area contributed by atoms with Gasteiger partial charge in [-0.05, 0) is 40.0 Å². The van der Waals surface area contributed by atoms with E-state index < -0.39 is 6.10 Å². The normalized spacial score (nSPS) is 12.4. The number of hydrogen-bond acceptors (Lipinski definition) is 6. The highest BCUT2D eigenvalue weighted by Crippen LogP contribution is 2.16. The van der Waals surface area contributed by atoms with Gasteiger partial charge in [0.05, 0.1) is 12.2 Å². The highest BCUT2D eigenvalue weighted by molar-refractivity contribution is 5.70. The average Bonchev–Trinajstić information content (AvgIpc) is 3.06. The van der Waals surface area contributed by atoms with Gasteiger partial charge in [-0.2, -0.15) is 0 Å². The summed E-state index contributed by atoms with van der Waals surface area (Å²) in [6.45, 7) is 12.0. The first-order chi connectivity index (χ1) is 23.3. The Labute approximate surface area is 298 Å². The van der Waals surface area contributed by atoms with Crippen molar-refractivity contribution < 1.29 is 28.5 Å². The predicted molar refractivity (Wildman–Crippen MR) is 203 cm³/mol. The summed E-state index contributed by atoms with van der Waals surface area (Å²) in [6.07, 6.45) is 34.1. The van der Waals surface area contributed by atoms with Gasteiger partial charge >= 0.3 is 11.9 Å². The lowest BCUT2D eigenvalue weighted by Crippen LogP contribution is -2.31. The minimum absolute atomic E-state index is 0.0521. The van der Waals surface area contributed by atoms with Crippen molar-refractivity contribution in [3.63, 3.8) is 0 Å². The van der Waals surface area contributed by atoms with Crippen LogP contribution in [-0.4, -0.2) is 50.1 Å². The van der Waals surface area contributed by atoms with Crippen LogP contribution in [0.15, 0.2) is 0 Å². The van der Waals surface area contributed by atoms with E-state index in [1.807, 2.05) is 20.8 Å². The van der Waals surface area contributed by atoms with E-state index >= 15 is 0 Å². The molecule has 0 fully saturated rings. The van der Waals surface area contributed by atoms with Gasteiger partial charge in [-0.25, -0.2) is 0 Å². The van der Waals surface area contributed by atoms with Gasteiger partial charge in [0.2, 0.25) is 0 Å². The van der Waals surface area contributed by atoms with Crippen molar-refractivity contribution in [1.82, 2.24) is 0 Å². The maximum atomic E-state index is 12.6. The molecular weight excluding hydrogens is 600 g/mol. The molecule has 0 rings (SSSR count). The fourth-order valence-corrected chi connectivity index (χ4v) is 6.19. The summed E-state index contributed by atoms with van der Waals surface area (Å²) in [5.41, 5.74) is -0.268. The lowest BCUT2D eigenvalue weighted by atomic mass is 10.0. The molecule has 0 radical (unpaired) electrons. The van der Waals surface area contributed by atoms with E-state index in [2.05, 4.69) is 13.8 Å². The number of carbonyl (C=O) groups excluding carboxylic acids is 2. The zero-order valence-electron chi connectivity index (χ0n) is 32.9. The van der Waals surface area contributed by atoms with Crippen LogP contribution in [-0.2, 0) is 28.5 Å². The van der Waals surface area contributed by atoms with Crippen LogP contribution in [0, 0.1) is 0 Å². The summed E-state index contributed by atoms with van der Waals surface area (Å²) in [5, 5.41) is 0. The molecule has 0 saturated carbocycles. The smallest absolute Gasteiger partial charge is 0.306 e. The first-order valence-electron chi connectivity index (χ1n) is 20.9. The third-order valence-electron chi connectivity index (χ3n) is 9.38. The molecule has 1 atom stereocenters. The van der Waals surface area contributed by atoms with Gasteiger partial charge in [-0.3, -0.25) is 9.59 Å². The summed E-state index contributed by atoms with van der Waals surface area (Å²) < 4.78 is 22.9. The first-order valence-corrected chi connectivity index (χ1v) is 20.9. The Bertz CT molecular complexity index is 694. The Morgan fingerprint density at radius 3 is 1.27 bits per heavy atom. The maximum absolute atomic E-state index is 12.6. The van der Waals surface area contributed by atoms with Crippen LogP contribution < -0.4 is 0 Å². The largest absolute Gasteiger partial charge is 0.462 e. The van der Waals surface area contributed by atoms with Crippen LogP contribution in [0.4, 0.5) is 0 Å². The molecule has 6 heteroatoms. The van der Waals surface area contributed by atoms with Gasteiger partial charge in [-0.1, -0.05) is 168 Å². The molecule has 0 spiro atoms. The van der Waals surface area contributed by atoms with Crippen LogP contribution in [0.1, 0.15) is 221 Å². The number of hydrogen-bond donors (Lipinski definition) is 0. The van der Waals surface area contributed by atoms with Crippen molar-refractivity contribution in [2.24, 2.45) is 0 Å². The van der Waals surface area contributed by atoms with Crippen molar-refractivity contribution in [2.45, 2.75) is 233 Å². The summed E-state index contributed by atoms with van der Waals surface area (Å²) in [5.74, 6) is -0.443. The minimum Gasteiger partial charge on any atom is -0.462 e. The van der Waals surface area contributed by atoms with Gasteiger partial charge in [0.25, 0.3) is 0 Å². The number of carbonyl (C=O) groups is 2. The monoisotopic (exact) mass is 683 g/mol. The van der Waals surface area contributed by atoms with Crippen LogP contribution in [0.2, 0.25) is 0 Å². The highest BCUT2D eigenvalue weighted by atomic mass is 16.6. The minimum atomic E-state index is -0.578. The highest BCUT2D eigenvalue weighted by Gasteiger charge is 2.20. The summed E-state index contributed by atoms with van der Waals surface area (Å²) in [6, 6.07) is 0. The molecule has 6 nitrogen and oxygen atoms in total. The van der Waals surface area contributed by atoms with Crippen LogP contribution in [0.25, 0.3) is 0 Å². The molecule has 0 aromatic carbocycles. The summed E-state index contributed by atoms with van der Waals surface area (Å²) in [4.78, 5) is 25.1. The summed E-state index contributed by atoms with van der Waals surface area (Å²) in [7, 11) is 0. The van der Waals surface area contributed by atoms with E-state index in [9.17, 15) is 9.59 Å². The molecule has 0 heterocycles. The molecule has 0 aliphatic heterocycles. The first kappa shape index (κ1) is 46.9. The molecule has 0 aliphatic carbocycles. The van der Waals surface area contributed by atoms with Crippen molar-refractivity contribution >= 4 is 11.9 Å². The van der Waals surface area contributed by atoms with Crippen LogP contribution >= 0.6 is 0 Å². The quantitative estimate of drug-likeness (QED) is 0.0477. The fraction of sp³-hybridized carbons (Fsp3) is 0.952. The second-order valence-electron chi connectivity index (χ2n) is 14.8. The lowest BCUT2D eigenvalue weighted by molar-refractivity contribution is -0.163. The maximum Gasteiger partial charge on any atom is 0.306 e. The third-order valence-corrected chi connectivity index (χ3v) is 9.38. The van der Waals surface area contributed by atoms with E-state index in [1.54, 1.807) is 0 Å². The number of unbranched alkanes of at least 4 members (excludes halogenated alkanes) is 24. The second-order valence-corrected chi connectivity index (χ2v) is 14.8. The third kappa shape index (κ3) is 34.7. The standard InChI is InChI=1S/C42H82O6/c1-6-9-11-13-15-17-19-21-23-25-27-29-31-33-40(43)46-38-39(37-45-36-35-42(4,5)47-8-3)48-41(44)34-32-30-28-26-24-22-20-18-16-14-12-10-7-2/h39H,6-38H2,1-5H3. The van der Waals surface area contributed by atoms with E-state index in [0.717, 1.165) is 32.1 Å². The van der Waals surface area contributed by atoms with E-state index in [-0.39, 0.29) is 30.8 Å². The molecule has 0 amide bonds. The molecule has 0 aliphatic rings.